The first-order valence-corrected chi connectivity index (χ1v) is 5.14. The second-order valence-electron chi connectivity index (χ2n) is 3.33. The molecule has 2 rings (SSSR count). The molecule has 1 aromatic heterocycles. The molecule has 80 valence electrons. The maximum atomic E-state index is 11.1. The van der Waals surface area contributed by atoms with Gasteiger partial charge in [0.15, 0.2) is 11.6 Å². The van der Waals surface area contributed by atoms with Crippen LogP contribution in [0.3, 0.4) is 0 Å². The summed E-state index contributed by atoms with van der Waals surface area (Å²) in [4.78, 5) is 19.2. The molecule has 0 saturated carbocycles. The van der Waals surface area contributed by atoms with Crippen molar-refractivity contribution in [3.05, 3.63) is 47.4 Å². The summed E-state index contributed by atoms with van der Waals surface area (Å²) in [6, 6.07) is 9.04. The number of carbonyl (C=O) groups excluding carboxylic acids is 1. The fraction of sp³-hybridized carbons (Fsp3) is 0.0833. The molecule has 0 aliphatic heterocycles. The number of benzene rings is 1. The number of aromatic nitrogens is 2. The van der Waals surface area contributed by atoms with E-state index >= 15 is 0 Å². The summed E-state index contributed by atoms with van der Waals surface area (Å²) in [5.41, 5.74) is 1.63. The van der Waals surface area contributed by atoms with Gasteiger partial charge in [-0.05, 0) is 18.2 Å². The van der Waals surface area contributed by atoms with E-state index in [2.05, 4.69) is 9.97 Å². The number of hydrogen-bond acceptors (Lipinski definition) is 3. The third kappa shape index (κ3) is 2.25. The van der Waals surface area contributed by atoms with Gasteiger partial charge in [0.2, 0.25) is 0 Å². The summed E-state index contributed by atoms with van der Waals surface area (Å²) >= 11 is 5.79. The van der Waals surface area contributed by atoms with E-state index in [-0.39, 0.29) is 11.6 Å². The molecule has 0 spiro atoms. The molecule has 0 aliphatic carbocycles. The summed E-state index contributed by atoms with van der Waals surface area (Å²) in [6.07, 6.45) is 1.58. The minimum absolute atomic E-state index is 0.143. The van der Waals surface area contributed by atoms with Crippen LogP contribution >= 0.6 is 11.6 Å². The zero-order chi connectivity index (χ0) is 11.5. The van der Waals surface area contributed by atoms with Crippen molar-refractivity contribution in [1.82, 2.24) is 9.97 Å². The zero-order valence-corrected chi connectivity index (χ0v) is 9.40. The van der Waals surface area contributed by atoms with Crippen molar-refractivity contribution in [1.29, 1.82) is 0 Å². The number of carbonyl (C=O) groups is 1. The minimum atomic E-state index is -0.143. The number of ketones is 1. The molecule has 0 unspecified atom stereocenters. The van der Waals surface area contributed by atoms with Gasteiger partial charge in [-0.15, -0.1) is 0 Å². The van der Waals surface area contributed by atoms with Gasteiger partial charge in [-0.1, -0.05) is 23.7 Å². The van der Waals surface area contributed by atoms with E-state index in [4.69, 9.17) is 11.6 Å². The van der Waals surface area contributed by atoms with E-state index in [0.717, 1.165) is 11.3 Å². The van der Waals surface area contributed by atoms with Gasteiger partial charge in [-0.25, -0.2) is 9.97 Å². The Kier molecular flexibility index (Phi) is 2.97. The Bertz CT molecular complexity index is 523. The Morgan fingerprint density at radius 1 is 1.19 bits per heavy atom. The van der Waals surface area contributed by atoms with Crippen LogP contribution in [0.2, 0.25) is 5.02 Å². The maximum absolute atomic E-state index is 11.1. The van der Waals surface area contributed by atoms with Crippen LogP contribution < -0.4 is 0 Å². The molecule has 16 heavy (non-hydrogen) atoms. The van der Waals surface area contributed by atoms with E-state index in [1.807, 2.05) is 12.1 Å². The minimum Gasteiger partial charge on any atom is -0.291 e. The fourth-order valence-corrected chi connectivity index (χ4v) is 1.44. The number of rotatable bonds is 2. The van der Waals surface area contributed by atoms with Crippen LogP contribution in [0.4, 0.5) is 0 Å². The van der Waals surface area contributed by atoms with Gasteiger partial charge in [-0.2, -0.15) is 0 Å². The van der Waals surface area contributed by atoms with Crippen molar-refractivity contribution in [2.24, 2.45) is 0 Å². The number of Topliss-reactive ketones (excluding diaryl/α,β-unsaturated/α-hetero) is 1. The molecule has 0 aliphatic rings. The Morgan fingerprint density at radius 2 is 1.88 bits per heavy atom. The first kappa shape index (κ1) is 10.8. The Labute approximate surface area is 98.1 Å². The van der Waals surface area contributed by atoms with E-state index < -0.39 is 0 Å². The lowest BCUT2D eigenvalue weighted by atomic mass is 10.1. The molecule has 0 atom stereocenters. The monoisotopic (exact) mass is 232 g/mol. The highest BCUT2D eigenvalue weighted by molar-refractivity contribution is 6.30. The van der Waals surface area contributed by atoms with Crippen molar-refractivity contribution < 1.29 is 4.79 Å². The number of halogens is 1. The van der Waals surface area contributed by atoms with Crippen molar-refractivity contribution in [3.63, 3.8) is 0 Å². The Hall–Kier alpha value is -1.74. The normalized spacial score (nSPS) is 10.1. The molecule has 1 aromatic carbocycles. The third-order valence-electron chi connectivity index (χ3n) is 2.11. The Morgan fingerprint density at radius 3 is 2.50 bits per heavy atom. The van der Waals surface area contributed by atoms with Gasteiger partial charge < -0.3 is 0 Å². The van der Waals surface area contributed by atoms with Crippen LogP contribution in [0.25, 0.3) is 11.3 Å². The lowest BCUT2D eigenvalue weighted by Gasteiger charge is -2.01. The van der Waals surface area contributed by atoms with Crippen LogP contribution in [0.5, 0.6) is 0 Å². The van der Waals surface area contributed by atoms with Gasteiger partial charge in [0, 0.05) is 23.7 Å². The third-order valence-corrected chi connectivity index (χ3v) is 2.36. The molecule has 0 bridgehead atoms. The van der Waals surface area contributed by atoms with Gasteiger partial charge in [0.05, 0.1) is 5.69 Å². The molecule has 2 aromatic rings. The molecule has 1 heterocycles. The molecule has 0 N–H and O–H groups in total. The molecule has 3 nitrogen and oxygen atoms in total. The molecular weight excluding hydrogens is 224 g/mol. The smallest absolute Gasteiger partial charge is 0.196 e. The maximum Gasteiger partial charge on any atom is 0.196 e. The highest BCUT2D eigenvalue weighted by Crippen LogP contribution is 2.19. The van der Waals surface area contributed by atoms with Gasteiger partial charge in [0.1, 0.15) is 0 Å². The van der Waals surface area contributed by atoms with Crippen LogP contribution in [0.1, 0.15) is 17.5 Å². The van der Waals surface area contributed by atoms with E-state index in [1.165, 1.54) is 6.92 Å². The summed E-state index contributed by atoms with van der Waals surface area (Å²) in [7, 11) is 0. The molecule has 0 fully saturated rings. The second-order valence-corrected chi connectivity index (χ2v) is 3.77. The van der Waals surface area contributed by atoms with E-state index in [9.17, 15) is 4.79 Å². The van der Waals surface area contributed by atoms with Crippen molar-refractivity contribution in [2.45, 2.75) is 6.92 Å². The first-order chi connectivity index (χ1) is 7.66. The van der Waals surface area contributed by atoms with Gasteiger partial charge in [0.25, 0.3) is 0 Å². The molecule has 4 heteroatoms. The zero-order valence-electron chi connectivity index (χ0n) is 8.64. The van der Waals surface area contributed by atoms with Crippen molar-refractivity contribution in [3.8, 4) is 11.3 Å². The summed E-state index contributed by atoms with van der Waals surface area (Å²) < 4.78 is 0. The lowest BCUT2D eigenvalue weighted by molar-refractivity contribution is 0.100. The van der Waals surface area contributed by atoms with E-state index in [1.54, 1.807) is 24.4 Å². The molecule has 0 amide bonds. The Balaban J connectivity index is 2.44. The predicted octanol–water partition coefficient (Wildman–Crippen LogP) is 3.00. The SMILES string of the molecule is CC(=O)c1nccc(-c2ccc(Cl)cc2)n1. The standard InChI is InChI=1S/C12H9ClN2O/c1-8(16)12-14-7-6-11(15-12)9-2-4-10(13)5-3-9/h2-7H,1H3. The van der Waals surface area contributed by atoms with Gasteiger partial charge in [-0.3, -0.25) is 4.79 Å². The van der Waals surface area contributed by atoms with Crippen molar-refractivity contribution in [2.75, 3.05) is 0 Å². The highest BCUT2D eigenvalue weighted by atomic mass is 35.5. The molecular formula is C12H9ClN2O. The molecule has 0 saturated heterocycles. The van der Waals surface area contributed by atoms with E-state index in [0.29, 0.717) is 5.02 Å². The average molecular weight is 233 g/mol. The lowest BCUT2D eigenvalue weighted by Crippen LogP contribution is -2.01. The van der Waals surface area contributed by atoms with Gasteiger partial charge >= 0.3 is 0 Å². The predicted molar refractivity (Wildman–Crippen MR) is 62.5 cm³/mol. The average Bonchev–Trinajstić information content (AvgIpc) is 2.30. The van der Waals surface area contributed by atoms with Crippen molar-refractivity contribution >= 4 is 17.4 Å². The van der Waals surface area contributed by atoms with Crippen LogP contribution in [0.15, 0.2) is 36.5 Å². The second kappa shape index (κ2) is 4.41. The molecule has 0 radical (unpaired) electrons. The summed E-state index contributed by atoms with van der Waals surface area (Å²) in [5, 5.41) is 0.671. The quantitative estimate of drug-likeness (QED) is 0.748. The summed E-state index contributed by atoms with van der Waals surface area (Å²) in [5.74, 6) is 0.0864. The van der Waals surface area contributed by atoms with Crippen LogP contribution in [0, 0.1) is 0 Å². The highest BCUT2D eigenvalue weighted by Gasteiger charge is 2.05. The number of hydrogen-bond donors (Lipinski definition) is 0. The fourth-order valence-electron chi connectivity index (χ4n) is 1.31. The summed E-state index contributed by atoms with van der Waals surface area (Å²) in [6.45, 7) is 1.45. The van der Waals surface area contributed by atoms with Crippen LogP contribution in [-0.4, -0.2) is 15.8 Å². The topological polar surface area (TPSA) is 42.9 Å². The first-order valence-electron chi connectivity index (χ1n) is 4.77. The van der Waals surface area contributed by atoms with Crippen LogP contribution in [-0.2, 0) is 0 Å². The largest absolute Gasteiger partial charge is 0.291 e. The number of nitrogens with zero attached hydrogens (tertiary/aromatic N) is 2.